The van der Waals surface area contributed by atoms with Crippen molar-refractivity contribution in [3.8, 4) is 0 Å². The van der Waals surface area contributed by atoms with Gasteiger partial charge in [0, 0.05) is 21.0 Å². The fourth-order valence-corrected chi connectivity index (χ4v) is 8.45. The fourth-order valence-electron chi connectivity index (χ4n) is 6.36. The van der Waals surface area contributed by atoms with Crippen molar-refractivity contribution in [2.75, 3.05) is 23.0 Å². The molecule has 0 aliphatic heterocycles. The summed E-state index contributed by atoms with van der Waals surface area (Å²) in [4.78, 5) is 55.1. The number of carbonyl (C=O) groups is 4. The monoisotopic (exact) mass is 757 g/mol. The van der Waals surface area contributed by atoms with E-state index < -0.39 is 17.8 Å². The molecule has 1 aliphatic rings. The molecule has 4 aromatic carbocycles. The summed E-state index contributed by atoms with van der Waals surface area (Å²) in [5.74, 6) is -0.775. The molecular formula is C44H43N3O5S2. The van der Waals surface area contributed by atoms with Gasteiger partial charge in [0.25, 0.3) is 11.8 Å². The lowest BCUT2D eigenvalue weighted by molar-refractivity contribution is -0.114. The van der Waals surface area contributed by atoms with Crippen molar-refractivity contribution in [2.45, 2.75) is 56.8 Å². The Morgan fingerprint density at radius 2 is 1.61 bits per heavy atom. The molecule has 0 fully saturated rings. The van der Waals surface area contributed by atoms with E-state index >= 15 is 0 Å². The predicted molar refractivity (Wildman–Crippen MR) is 218 cm³/mol. The summed E-state index contributed by atoms with van der Waals surface area (Å²) < 4.78 is 5.42. The van der Waals surface area contributed by atoms with E-state index in [2.05, 4.69) is 41.9 Å². The first-order valence-electron chi connectivity index (χ1n) is 18.1. The summed E-state index contributed by atoms with van der Waals surface area (Å²) in [5, 5.41) is 9.21. The number of fused-ring (bicyclic) bond motifs is 1. The zero-order valence-electron chi connectivity index (χ0n) is 30.5. The van der Waals surface area contributed by atoms with Crippen LogP contribution in [0.5, 0.6) is 0 Å². The zero-order valence-corrected chi connectivity index (χ0v) is 32.2. The van der Waals surface area contributed by atoms with Crippen LogP contribution >= 0.6 is 23.1 Å². The molecule has 0 bridgehead atoms. The Morgan fingerprint density at radius 1 is 0.889 bits per heavy atom. The third-order valence-corrected chi connectivity index (χ3v) is 11.3. The summed E-state index contributed by atoms with van der Waals surface area (Å²) in [6, 6.07) is 34.1. The van der Waals surface area contributed by atoms with Crippen molar-refractivity contribution >= 4 is 63.6 Å². The van der Waals surface area contributed by atoms with Crippen LogP contribution in [0.1, 0.15) is 86.9 Å². The second-order valence-corrected chi connectivity index (χ2v) is 15.5. The first kappa shape index (κ1) is 38.3. The molecule has 1 aromatic heterocycles. The van der Waals surface area contributed by atoms with Crippen LogP contribution in [0.15, 0.2) is 120 Å². The van der Waals surface area contributed by atoms with Gasteiger partial charge < -0.3 is 20.7 Å². The van der Waals surface area contributed by atoms with Gasteiger partial charge in [-0.1, -0.05) is 92.7 Å². The second-order valence-electron chi connectivity index (χ2n) is 13.3. The maximum Gasteiger partial charge on any atom is 0.341 e. The van der Waals surface area contributed by atoms with E-state index in [0.717, 1.165) is 40.2 Å². The van der Waals surface area contributed by atoms with Crippen LogP contribution in [-0.4, -0.2) is 36.1 Å². The van der Waals surface area contributed by atoms with Gasteiger partial charge in [0.1, 0.15) is 10.7 Å². The summed E-state index contributed by atoms with van der Waals surface area (Å²) in [6.45, 7) is 6.24. The van der Waals surface area contributed by atoms with Gasteiger partial charge in [-0.2, -0.15) is 0 Å². The van der Waals surface area contributed by atoms with Crippen LogP contribution in [0.25, 0.3) is 6.08 Å². The molecule has 1 unspecified atom stereocenters. The molecule has 0 saturated heterocycles. The zero-order chi connectivity index (χ0) is 38.0. The number of rotatable bonds is 13. The average molecular weight is 758 g/mol. The maximum atomic E-state index is 13.7. The number of hydrogen-bond donors (Lipinski definition) is 3. The Hall–Kier alpha value is -5.45. The third kappa shape index (κ3) is 9.75. The van der Waals surface area contributed by atoms with Gasteiger partial charge >= 0.3 is 5.97 Å². The van der Waals surface area contributed by atoms with Crippen LogP contribution in [0.4, 0.5) is 10.7 Å². The van der Waals surface area contributed by atoms with Crippen LogP contribution in [-0.2, 0) is 27.2 Å². The molecule has 54 heavy (non-hydrogen) atoms. The normalized spacial score (nSPS) is 13.9. The standard InChI is InChI=1S/C44H43N3O5S2/c1-4-52-44(51)40-36-23-22-33(31-12-7-5-8-13-31)25-38(36)54-43(40)47-39(48)27-53-35-17-11-16-34(26-35)45-42(50)37(46-41(49)32-14-9-6-10-15-32)24-29-18-20-30(21-19-29)28(2)3/h5-21,24,26,28,33H,4,22-23,25,27H2,1-3H3,(H,45,50)(H,46,49)(H,47,48)/b37-24+. The van der Waals surface area contributed by atoms with E-state index in [9.17, 15) is 19.2 Å². The summed E-state index contributed by atoms with van der Waals surface area (Å²) in [6.07, 6.45) is 4.10. The van der Waals surface area contributed by atoms with Crippen LogP contribution in [0.2, 0.25) is 0 Å². The van der Waals surface area contributed by atoms with Crippen LogP contribution in [0, 0.1) is 0 Å². The van der Waals surface area contributed by atoms with Gasteiger partial charge in [0.2, 0.25) is 5.91 Å². The molecule has 276 valence electrons. The van der Waals surface area contributed by atoms with E-state index in [0.29, 0.717) is 33.7 Å². The molecule has 6 rings (SSSR count). The van der Waals surface area contributed by atoms with Crippen molar-refractivity contribution in [3.63, 3.8) is 0 Å². The molecule has 8 nitrogen and oxygen atoms in total. The van der Waals surface area contributed by atoms with Crippen molar-refractivity contribution in [3.05, 3.63) is 153 Å². The van der Waals surface area contributed by atoms with Crippen LogP contribution < -0.4 is 16.0 Å². The number of thioether (sulfide) groups is 1. The number of hydrogen-bond acceptors (Lipinski definition) is 7. The van der Waals surface area contributed by atoms with Crippen molar-refractivity contribution in [1.82, 2.24) is 5.32 Å². The van der Waals surface area contributed by atoms with E-state index in [-0.39, 0.29) is 24.0 Å². The van der Waals surface area contributed by atoms with Crippen molar-refractivity contribution in [2.24, 2.45) is 0 Å². The number of thiophene rings is 1. The Kier molecular flexibility index (Phi) is 12.8. The first-order valence-corrected chi connectivity index (χ1v) is 19.9. The van der Waals surface area contributed by atoms with Gasteiger partial charge in [-0.3, -0.25) is 14.4 Å². The minimum atomic E-state index is -0.491. The van der Waals surface area contributed by atoms with Gasteiger partial charge in [0.05, 0.1) is 17.9 Å². The Balaban J connectivity index is 1.13. The molecule has 0 saturated carbocycles. The number of anilines is 2. The van der Waals surface area contributed by atoms with Crippen LogP contribution in [0.3, 0.4) is 0 Å². The molecule has 1 aliphatic carbocycles. The second kappa shape index (κ2) is 18.1. The topological polar surface area (TPSA) is 114 Å². The van der Waals surface area contributed by atoms with Gasteiger partial charge in [-0.25, -0.2) is 4.79 Å². The van der Waals surface area contributed by atoms with Crippen molar-refractivity contribution < 1.29 is 23.9 Å². The molecule has 5 aromatic rings. The maximum absolute atomic E-state index is 13.7. The highest BCUT2D eigenvalue weighted by molar-refractivity contribution is 8.00. The Labute approximate surface area is 324 Å². The average Bonchev–Trinajstić information content (AvgIpc) is 3.55. The molecule has 10 heteroatoms. The molecule has 1 heterocycles. The molecule has 0 radical (unpaired) electrons. The minimum Gasteiger partial charge on any atom is -0.462 e. The van der Waals surface area contributed by atoms with Gasteiger partial charge in [0.15, 0.2) is 0 Å². The molecule has 3 N–H and O–H groups in total. The summed E-state index contributed by atoms with van der Waals surface area (Å²) >= 11 is 2.77. The van der Waals surface area contributed by atoms with E-state index in [1.807, 2.05) is 54.6 Å². The minimum absolute atomic E-state index is 0.0829. The summed E-state index contributed by atoms with van der Waals surface area (Å²) in [5.41, 5.74) is 5.66. The number of esters is 1. The largest absolute Gasteiger partial charge is 0.462 e. The quantitative estimate of drug-likeness (QED) is 0.0627. The third-order valence-electron chi connectivity index (χ3n) is 9.17. The highest BCUT2D eigenvalue weighted by Crippen LogP contribution is 2.43. The molecule has 0 spiro atoms. The lowest BCUT2D eigenvalue weighted by atomic mass is 9.83. The Bertz CT molecular complexity index is 2140. The number of carbonyl (C=O) groups excluding carboxylic acids is 4. The predicted octanol–water partition coefficient (Wildman–Crippen LogP) is 9.46. The smallest absolute Gasteiger partial charge is 0.341 e. The fraction of sp³-hybridized carbons (Fsp3) is 0.227. The molecule has 3 amide bonds. The lowest BCUT2D eigenvalue weighted by Gasteiger charge is -2.23. The number of nitrogens with one attached hydrogen (secondary N) is 3. The van der Waals surface area contributed by atoms with Crippen molar-refractivity contribution in [1.29, 1.82) is 0 Å². The van der Waals surface area contributed by atoms with E-state index in [4.69, 9.17) is 4.74 Å². The SMILES string of the molecule is CCOC(=O)c1c(NC(=O)CSc2cccc(NC(=O)/C(=C\c3ccc(C(C)C)cc3)NC(=O)c3ccccc3)c2)sc2c1CCC(c1ccccc1)C2. The van der Waals surface area contributed by atoms with Gasteiger partial charge in [-0.15, -0.1) is 23.1 Å². The highest BCUT2D eigenvalue weighted by Gasteiger charge is 2.31. The first-order chi connectivity index (χ1) is 26.2. The van der Waals surface area contributed by atoms with Gasteiger partial charge in [-0.05, 0) is 96.7 Å². The Morgan fingerprint density at radius 3 is 2.31 bits per heavy atom. The lowest BCUT2D eigenvalue weighted by Crippen LogP contribution is -2.30. The van der Waals surface area contributed by atoms with E-state index in [1.54, 1.807) is 55.5 Å². The number of benzene rings is 4. The molecule has 1 atom stereocenters. The number of amides is 3. The van der Waals surface area contributed by atoms with E-state index in [1.165, 1.54) is 34.2 Å². The summed E-state index contributed by atoms with van der Waals surface area (Å²) in [7, 11) is 0. The number of ether oxygens (including phenoxy) is 1. The molecular weight excluding hydrogens is 715 g/mol. The highest BCUT2D eigenvalue weighted by atomic mass is 32.2.